The molecule has 0 fully saturated rings. The molecule has 0 saturated heterocycles. The van der Waals surface area contributed by atoms with Crippen molar-refractivity contribution in [3.8, 4) is 5.75 Å². The number of hydrogen-bond donors (Lipinski definition) is 2. The summed E-state index contributed by atoms with van der Waals surface area (Å²) in [6.45, 7) is 9.73. The van der Waals surface area contributed by atoms with Gasteiger partial charge >= 0.3 is 5.97 Å². The van der Waals surface area contributed by atoms with Gasteiger partial charge in [-0.3, -0.25) is 4.79 Å². The van der Waals surface area contributed by atoms with Gasteiger partial charge in [-0.05, 0) is 42.5 Å². The summed E-state index contributed by atoms with van der Waals surface area (Å²) in [5.41, 5.74) is 1.88. The van der Waals surface area contributed by atoms with Crippen LogP contribution in [-0.4, -0.2) is 43.3 Å². The number of carbonyl (C=O) groups is 2. The Labute approximate surface area is 143 Å². The van der Waals surface area contributed by atoms with Gasteiger partial charge < -0.3 is 19.9 Å². The van der Waals surface area contributed by atoms with Crippen LogP contribution >= 0.6 is 0 Å². The highest BCUT2D eigenvalue weighted by Gasteiger charge is 2.25. The van der Waals surface area contributed by atoms with Crippen molar-refractivity contribution in [3.05, 3.63) is 28.8 Å². The molecule has 6 heteroatoms. The largest absolute Gasteiger partial charge is 0.481 e. The molecule has 1 rings (SSSR count). The molecule has 0 aliphatic rings. The molecule has 1 unspecified atom stereocenters. The molecule has 6 nitrogen and oxygen atoms in total. The van der Waals surface area contributed by atoms with Crippen molar-refractivity contribution < 1.29 is 24.2 Å². The van der Waals surface area contributed by atoms with Crippen LogP contribution in [0, 0.1) is 19.3 Å². The van der Waals surface area contributed by atoms with Crippen LogP contribution in [0.2, 0.25) is 0 Å². The zero-order valence-electron chi connectivity index (χ0n) is 15.2. The lowest BCUT2D eigenvalue weighted by Gasteiger charge is -2.29. The Bertz CT molecular complexity index is 581. The van der Waals surface area contributed by atoms with E-state index in [1.54, 1.807) is 33.1 Å². The predicted octanol–water partition coefficient (Wildman–Crippen LogP) is 2.56. The first-order chi connectivity index (χ1) is 11.1. The van der Waals surface area contributed by atoms with Crippen LogP contribution in [0.1, 0.15) is 42.3 Å². The summed E-state index contributed by atoms with van der Waals surface area (Å²) in [5, 5.41) is 11.6. The number of carboxylic acids is 1. The number of aliphatic carboxylic acids is 1. The summed E-state index contributed by atoms with van der Waals surface area (Å²) in [6, 6.07) is 3.39. The minimum Gasteiger partial charge on any atom is -0.481 e. The van der Waals surface area contributed by atoms with Crippen molar-refractivity contribution in [2.24, 2.45) is 5.41 Å². The van der Waals surface area contributed by atoms with Crippen molar-refractivity contribution in [3.63, 3.8) is 0 Å². The van der Waals surface area contributed by atoms with E-state index in [1.807, 2.05) is 0 Å². The van der Waals surface area contributed by atoms with Gasteiger partial charge in [0.25, 0.3) is 5.91 Å². The van der Waals surface area contributed by atoms with Gasteiger partial charge in [-0.15, -0.1) is 0 Å². The minimum atomic E-state index is -1.04. The number of amides is 1. The number of aryl methyl sites for hydroxylation is 2. The Hall–Kier alpha value is -2.08. The molecule has 0 aromatic heterocycles. The highest BCUT2D eigenvalue weighted by atomic mass is 16.5. The molecule has 0 saturated carbocycles. The van der Waals surface area contributed by atoms with Crippen LogP contribution in [0.3, 0.4) is 0 Å². The number of ether oxygens (including phenoxy) is 2. The van der Waals surface area contributed by atoms with Crippen LogP contribution in [0.25, 0.3) is 0 Å². The summed E-state index contributed by atoms with van der Waals surface area (Å²) >= 11 is 0. The first kappa shape index (κ1) is 20.0. The van der Waals surface area contributed by atoms with E-state index in [-0.39, 0.29) is 17.4 Å². The van der Waals surface area contributed by atoms with E-state index in [0.29, 0.717) is 17.9 Å². The zero-order valence-corrected chi connectivity index (χ0v) is 15.2. The highest BCUT2D eigenvalue weighted by Crippen LogP contribution is 2.25. The Morgan fingerprint density at radius 1 is 1.21 bits per heavy atom. The van der Waals surface area contributed by atoms with Gasteiger partial charge in [-0.25, -0.2) is 4.79 Å². The lowest BCUT2D eigenvalue weighted by Crippen LogP contribution is -2.40. The van der Waals surface area contributed by atoms with Crippen molar-refractivity contribution in [2.45, 2.75) is 40.7 Å². The number of hydrogen-bond acceptors (Lipinski definition) is 4. The van der Waals surface area contributed by atoms with E-state index >= 15 is 0 Å². The number of benzene rings is 1. The van der Waals surface area contributed by atoms with Crippen molar-refractivity contribution in [2.75, 3.05) is 20.3 Å². The average Bonchev–Trinajstić information content (AvgIpc) is 2.44. The normalized spacial score (nSPS) is 12.6. The molecule has 0 radical (unpaired) electrons. The maximum absolute atomic E-state index is 12.4. The monoisotopic (exact) mass is 337 g/mol. The van der Waals surface area contributed by atoms with Crippen molar-refractivity contribution in [1.82, 2.24) is 5.32 Å². The molecular formula is C18H27NO5. The number of nitrogens with one attached hydrogen (secondary N) is 1. The van der Waals surface area contributed by atoms with E-state index in [1.165, 1.54) is 0 Å². The molecule has 1 aromatic carbocycles. The standard InChI is InChI=1S/C18H27NO5/c1-11-7-13(8-12(2)16(11)24-10-15(20)21)17(22)19-9-14(23-6)18(3,4)5/h7-8,14H,9-10H2,1-6H3,(H,19,22)(H,20,21). The van der Waals surface area contributed by atoms with Gasteiger partial charge in [-0.2, -0.15) is 0 Å². The number of carboxylic acid groups (broad SMARTS) is 1. The Morgan fingerprint density at radius 3 is 2.17 bits per heavy atom. The highest BCUT2D eigenvalue weighted by molar-refractivity contribution is 5.95. The molecule has 1 aromatic rings. The summed E-state index contributed by atoms with van der Waals surface area (Å²) < 4.78 is 10.7. The molecule has 2 N–H and O–H groups in total. The Kier molecular flexibility index (Phi) is 6.78. The summed E-state index contributed by atoms with van der Waals surface area (Å²) in [4.78, 5) is 23.0. The molecule has 24 heavy (non-hydrogen) atoms. The van der Waals surface area contributed by atoms with Crippen molar-refractivity contribution in [1.29, 1.82) is 0 Å². The van der Waals surface area contributed by atoms with E-state index in [2.05, 4.69) is 26.1 Å². The molecule has 1 atom stereocenters. The second-order valence-electron chi connectivity index (χ2n) is 6.92. The smallest absolute Gasteiger partial charge is 0.341 e. The molecule has 0 aliphatic heterocycles. The molecule has 1 amide bonds. The molecule has 0 heterocycles. The summed E-state index contributed by atoms with van der Waals surface area (Å²) in [6.07, 6.45) is -0.0955. The molecule has 134 valence electrons. The topological polar surface area (TPSA) is 84.9 Å². The second kappa shape index (κ2) is 8.15. The third-order valence-electron chi connectivity index (χ3n) is 3.76. The molecule has 0 aliphatic carbocycles. The van der Waals surface area contributed by atoms with E-state index in [9.17, 15) is 9.59 Å². The summed E-state index contributed by atoms with van der Waals surface area (Å²) in [7, 11) is 1.63. The van der Waals surface area contributed by atoms with Crippen LogP contribution in [0.4, 0.5) is 0 Å². The van der Waals surface area contributed by atoms with Crippen molar-refractivity contribution >= 4 is 11.9 Å². The molecule has 0 bridgehead atoms. The SMILES string of the molecule is COC(CNC(=O)c1cc(C)c(OCC(=O)O)c(C)c1)C(C)(C)C. The van der Waals surface area contributed by atoms with Crippen LogP contribution in [0.5, 0.6) is 5.75 Å². The molecular weight excluding hydrogens is 310 g/mol. The zero-order chi connectivity index (χ0) is 18.5. The minimum absolute atomic E-state index is 0.0810. The van der Waals surface area contributed by atoms with Gasteiger partial charge in [-0.1, -0.05) is 20.8 Å². The third kappa shape index (κ3) is 5.53. The van der Waals surface area contributed by atoms with E-state index in [0.717, 1.165) is 11.1 Å². The fraction of sp³-hybridized carbons (Fsp3) is 0.556. The predicted molar refractivity (Wildman–Crippen MR) is 91.6 cm³/mol. The number of carbonyl (C=O) groups excluding carboxylic acids is 1. The fourth-order valence-electron chi connectivity index (χ4n) is 2.47. The van der Waals surface area contributed by atoms with Gasteiger partial charge in [0.2, 0.25) is 0 Å². The van der Waals surface area contributed by atoms with Gasteiger partial charge in [0, 0.05) is 19.2 Å². The van der Waals surface area contributed by atoms with Crippen LogP contribution < -0.4 is 10.1 Å². The summed E-state index contributed by atoms with van der Waals surface area (Å²) in [5.74, 6) is -0.737. The van der Waals surface area contributed by atoms with Gasteiger partial charge in [0.05, 0.1) is 6.10 Å². The number of rotatable bonds is 7. The third-order valence-corrected chi connectivity index (χ3v) is 3.76. The van der Waals surface area contributed by atoms with E-state index < -0.39 is 12.6 Å². The average molecular weight is 337 g/mol. The second-order valence-corrected chi connectivity index (χ2v) is 6.92. The fourth-order valence-corrected chi connectivity index (χ4v) is 2.47. The lowest BCUT2D eigenvalue weighted by atomic mass is 9.89. The Morgan fingerprint density at radius 2 is 1.75 bits per heavy atom. The van der Waals surface area contributed by atoms with Gasteiger partial charge in [0.15, 0.2) is 6.61 Å². The quantitative estimate of drug-likeness (QED) is 0.799. The maximum Gasteiger partial charge on any atom is 0.341 e. The Balaban J connectivity index is 2.83. The number of methoxy groups -OCH3 is 1. The first-order valence-electron chi connectivity index (χ1n) is 7.83. The van der Waals surface area contributed by atoms with Crippen LogP contribution in [0.15, 0.2) is 12.1 Å². The maximum atomic E-state index is 12.4. The van der Waals surface area contributed by atoms with Crippen LogP contribution in [-0.2, 0) is 9.53 Å². The lowest BCUT2D eigenvalue weighted by molar-refractivity contribution is -0.139. The van der Waals surface area contributed by atoms with Gasteiger partial charge in [0.1, 0.15) is 5.75 Å². The van der Waals surface area contributed by atoms with E-state index in [4.69, 9.17) is 14.6 Å². The first-order valence-corrected chi connectivity index (χ1v) is 7.83. The molecule has 0 spiro atoms.